The van der Waals surface area contributed by atoms with Crippen molar-refractivity contribution in [3.8, 4) is 0 Å². The Morgan fingerprint density at radius 3 is 2.67 bits per heavy atom. The van der Waals surface area contributed by atoms with Gasteiger partial charge >= 0.3 is 0 Å². The molecule has 38 valence electrons. The molecule has 0 N–H and O–H groups in total. The van der Waals surface area contributed by atoms with Crippen LogP contribution in [0.2, 0.25) is 0 Å². The maximum atomic E-state index is 11.0. The van der Waals surface area contributed by atoms with Crippen molar-refractivity contribution in [1.82, 2.24) is 0 Å². The van der Waals surface area contributed by atoms with Crippen molar-refractivity contribution < 1.29 is 8.72 Å². The molecule has 0 saturated heterocycles. The Balaban J connectivity index is 2.34. The standard InChI is InChI=1S/C3H8FOP/c1-2-3-5-6-4/h6H,2-3H2,1H3. The number of halogens is 1. The van der Waals surface area contributed by atoms with E-state index in [1.54, 1.807) is 0 Å². The molecule has 0 fully saturated rings. The lowest BCUT2D eigenvalue weighted by atomic mass is 10.5. The molecule has 0 aromatic rings. The van der Waals surface area contributed by atoms with Crippen molar-refractivity contribution in [3.63, 3.8) is 0 Å². The van der Waals surface area contributed by atoms with E-state index in [1.165, 1.54) is 0 Å². The minimum absolute atomic E-state index is 0.551. The van der Waals surface area contributed by atoms with E-state index in [1.807, 2.05) is 6.92 Å². The molecule has 0 aliphatic carbocycles. The normalized spacial score (nSPS) is 11.0. The molecule has 0 aliphatic rings. The molecule has 0 aromatic carbocycles. The average molecular weight is 110 g/mol. The highest BCUT2D eigenvalue weighted by Gasteiger charge is 1.76. The molecular formula is C3H8FOP. The van der Waals surface area contributed by atoms with Gasteiger partial charge in [-0.25, -0.2) is 0 Å². The van der Waals surface area contributed by atoms with Gasteiger partial charge in [0.25, 0.3) is 0 Å². The number of hydrogen-bond acceptors (Lipinski definition) is 1. The second-order valence-electron chi connectivity index (χ2n) is 0.926. The summed E-state index contributed by atoms with van der Waals surface area (Å²) in [5.41, 5.74) is 0. The van der Waals surface area contributed by atoms with Gasteiger partial charge in [0, 0.05) is 0 Å². The molecule has 0 aromatic heterocycles. The van der Waals surface area contributed by atoms with Gasteiger partial charge in [-0.15, -0.1) is 0 Å². The number of rotatable bonds is 3. The first kappa shape index (κ1) is 6.32. The molecule has 0 heterocycles. The van der Waals surface area contributed by atoms with Crippen LogP contribution in [0.4, 0.5) is 4.20 Å². The Labute approximate surface area is 38.9 Å². The monoisotopic (exact) mass is 110 g/mol. The summed E-state index contributed by atoms with van der Waals surface area (Å²) in [6.07, 6.45) is 0.900. The fourth-order valence-electron chi connectivity index (χ4n) is 0.141. The zero-order valence-corrected chi connectivity index (χ0v) is 4.70. The first-order valence-corrected chi connectivity index (χ1v) is 2.68. The summed E-state index contributed by atoms with van der Waals surface area (Å²) in [5, 5.41) is 0. The molecule has 0 rings (SSSR count). The van der Waals surface area contributed by atoms with Crippen molar-refractivity contribution >= 4 is 9.12 Å². The van der Waals surface area contributed by atoms with Crippen molar-refractivity contribution in [2.45, 2.75) is 13.3 Å². The summed E-state index contributed by atoms with van der Waals surface area (Å²) < 4.78 is 15.3. The molecule has 0 radical (unpaired) electrons. The molecule has 0 saturated carbocycles. The fourth-order valence-corrected chi connectivity index (χ4v) is 0.422. The van der Waals surface area contributed by atoms with Gasteiger partial charge in [0.15, 0.2) is 0 Å². The highest BCUT2D eigenvalue weighted by Crippen LogP contribution is 2.10. The summed E-state index contributed by atoms with van der Waals surface area (Å²) in [6.45, 7) is 2.50. The minimum atomic E-state index is -0.835. The van der Waals surface area contributed by atoms with E-state index >= 15 is 0 Å². The zero-order valence-electron chi connectivity index (χ0n) is 3.70. The smallest absolute Gasteiger partial charge is 0.205 e. The van der Waals surface area contributed by atoms with E-state index in [9.17, 15) is 4.20 Å². The van der Waals surface area contributed by atoms with Crippen LogP contribution >= 0.6 is 9.12 Å². The second-order valence-corrected chi connectivity index (χ2v) is 1.37. The summed E-state index contributed by atoms with van der Waals surface area (Å²) in [7, 11) is -0.835. The lowest BCUT2D eigenvalue weighted by molar-refractivity contribution is 0.346. The van der Waals surface area contributed by atoms with Crippen LogP contribution in [-0.4, -0.2) is 6.61 Å². The molecule has 0 aliphatic heterocycles. The van der Waals surface area contributed by atoms with Crippen molar-refractivity contribution in [2.24, 2.45) is 0 Å². The van der Waals surface area contributed by atoms with Gasteiger partial charge in [0.2, 0.25) is 9.12 Å². The molecule has 0 bridgehead atoms. The third-order valence-corrected chi connectivity index (χ3v) is 0.674. The molecule has 1 unspecified atom stereocenters. The number of hydrogen-bond donors (Lipinski definition) is 0. The van der Waals surface area contributed by atoms with E-state index in [0.717, 1.165) is 6.42 Å². The van der Waals surface area contributed by atoms with E-state index in [2.05, 4.69) is 4.52 Å². The van der Waals surface area contributed by atoms with Gasteiger partial charge in [0.1, 0.15) is 0 Å². The Bertz CT molecular complexity index is 22.8. The Hall–Kier alpha value is 0.320. The van der Waals surface area contributed by atoms with Crippen molar-refractivity contribution in [1.29, 1.82) is 0 Å². The molecule has 1 atom stereocenters. The molecular weight excluding hydrogens is 102 g/mol. The maximum absolute atomic E-state index is 11.0. The third-order valence-electron chi connectivity index (χ3n) is 0.361. The zero-order chi connectivity index (χ0) is 4.83. The van der Waals surface area contributed by atoms with Crippen LogP contribution in [0.3, 0.4) is 0 Å². The first-order valence-electron chi connectivity index (χ1n) is 1.89. The van der Waals surface area contributed by atoms with Gasteiger partial charge in [-0.2, -0.15) is 4.20 Å². The van der Waals surface area contributed by atoms with Gasteiger partial charge in [-0.05, 0) is 6.42 Å². The van der Waals surface area contributed by atoms with Crippen LogP contribution in [-0.2, 0) is 4.52 Å². The molecule has 6 heavy (non-hydrogen) atoms. The van der Waals surface area contributed by atoms with Gasteiger partial charge in [0.05, 0.1) is 6.61 Å². The summed E-state index contributed by atoms with van der Waals surface area (Å²) in [4.78, 5) is 0. The average Bonchev–Trinajstić information content (AvgIpc) is 1.61. The lowest BCUT2D eigenvalue weighted by Crippen LogP contribution is -1.75. The van der Waals surface area contributed by atoms with Gasteiger partial charge < -0.3 is 4.52 Å². The van der Waals surface area contributed by atoms with Crippen LogP contribution in [0.1, 0.15) is 13.3 Å². The van der Waals surface area contributed by atoms with Crippen LogP contribution in [0, 0.1) is 0 Å². The summed E-state index contributed by atoms with van der Waals surface area (Å²) in [6, 6.07) is 0. The second kappa shape index (κ2) is 5.32. The van der Waals surface area contributed by atoms with E-state index in [-0.39, 0.29) is 0 Å². The predicted molar refractivity (Wildman–Crippen MR) is 25.7 cm³/mol. The van der Waals surface area contributed by atoms with Gasteiger partial charge in [-0.3, -0.25) is 0 Å². The topological polar surface area (TPSA) is 9.23 Å². The quantitative estimate of drug-likeness (QED) is 0.398. The lowest BCUT2D eigenvalue weighted by Gasteiger charge is -1.87. The highest BCUT2D eigenvalue weighted by atomic mass is 31.1. The van der Waals surface area contributed by atoms with Crippen LogP contribution in [0.5, 0.6) is 0 Å². The van der Waals surface area contributed by atoms with Crippen LogP contribution in [0.25, 0.3) is 0 Å². The molecule has 3 heteroatoms. The van der Waals surface area contributed by atoms with Crippen LogP contribution in [0.15, 0.2) is 0 Å². The Morgan fingerprint density at radius 2 is 2.50 bits per heavy atom. The van der Waals surface area contributed by atoms with E-state index in [0.29, 0.717) is 6.61 Å². The molecule has 0 spiro atoms. The first-order chi connectivity index (χ1) is 2.91. The van der Waals surface area contributed by atoms with E-state index < -0.39 is 9.12 Å². The predicted octanol–water partition coefficient (Wildman–Crippen LogP) is 1.89. The molecule has 0 amide bonds. The van der Waals surface area contributed by atoms with E-state index in [4.69, 9.17) is 0 Å². The fraction of sp³-hybridized carbons (Fsp3) is 1.00. The van der Waals surface area contributed by atoms with Gasteiger partial charge in [-0.1, -0.05) is 6.92 Å². The van der Waals surface area contributed by atoms with Crippen molar-refractivity contribution in [2.75, 3.05) is 6.61 Å². The van der Waals surface area contributed by atoms with Crippen molar-refractivity contribution in [3.05, 3.63) is 0 Å². The SMILES string of the molecule is CCCOPF. The summed E-state index contributed by atoms with van der Waals surface area (Å²) in [5.74, 6) is 0. The Kier molecular flexibility index (Phi) is 5.60. The maximum Gasteiger partial charge on any atom is 0.205 e. The largest absolute Gasteiger partial charge is 0.333 e. The van der Waals surface area contributed by atoms with Crippen LogP contribution < -0.4 is 0 Å². The molecule has 1 nitrogen and oxygen atoms in total. The highest BCUT2D eigenvalue weighted by molar-refractivity contribution is 7.25. The minimum Gasteiger partial charge on any atom is -0.333 e. The summed E-state index contributed by atoms with van der Waals surface area (Å²) >= 11 is 0. The third kappa shape index (κ3) is 4.32. The Morgan fingerprint density at radius 1 is 1.83 bits per heavy atom.